The van der Waals surface area contributed by atoms with E-state index in [1.54, 1.807) is 19.0 Å². The summed E-state index contributed by atoms with van der Waals surface area (Å²) < 4.78 is 38.7. The zero-order valence-corrected chi connectivity index (χ0v) is 9.51. The first-order valence-corrected chi connectivity index (χ1v) is 4.92. The lowest BCUT2D eigenvalue weighted by atomic mass is 10.1. The van der Waals surface area contributed by atoms with Crippen LogP contribution in [0.5, 0.6) is 0 Å². The third kappa shape index (κ3) is 3.71. The van der Waals surface area contributed by atoms with Crippen LogP contribution in [0.2, 0.25) is 0 Å². The van der Waals surface area contributed by atoms with Crippen LogP contribution in [0.4, 0.5) is 13.2 Å². The van der Waals surface area contributed by atoms with E-state index in [0.29, 0.717) is 18.7 Å². The lowest BCUT2D eigenvalue weighted by molar-refractivity contribution is 0.104. The Hall–Kier alpha value is -1.62. The third-order valence-electron chi connectivity index (χ3n) is 2.02. The van der Waals surface area contributed by atoms with Crippen LogP contribution in [-0.2, 0) is 0 Å². The second-order valence-corrected chi connectivity index (χ2v) is 3.78. The largest absolute Gasteiger partial charge is 0.306 e. The molecule has 0 bridgehead atoms. The minimum Gasteiger partial charge on any atom is -0.306 e. The summed E-state index contributed by atoms with van der Waals surface area (Å²) in [6.45, 7) is 0.497. The molecule has 0 aliphatic heterocycles. The van der Waals surface area contributed by atoms with Crippen molar-refractivity contribution in [1.29, 1.82) is 0 Å². The smallest absolute Gasteiger partial charge is 0.188 e. The average Bonchev–Trinajstić information content (AvgIpc) is 2.22. The number of carbonyl (C=O) groups excluding carboxylic acids is 1. The lowest BCUT2D eigenvalue weighted by Gasteiger charge is -2.04. The normalized spacial score (nSPS) is 11.4. The van der Waals surface area contributed by atoms with Crippen molar-refractivity contribution in [2.75, 3.05) is 20.6 Å². The van der Waals surface area contributed by atoms with E-state index in [2.05, 4.69) is 0 Å². The van der Waals surface area contributed by atoms with Gasteiger partial charge in [0, 0.05) is 12.6 Å². The Balaban J connectivity index is 2.89. The molecular formula is C12H12F3NO. The summed E-state index contributed by atoms with van der Waals surface area (Å²) in [4.78, 5) is 13.3. The Morgan fingerprint density at radius 3 is 2.35 bits per heavy atom. The highest BCUT2D eigenvalue weighted by molar-refractivity contribution is 6.04. The van der Waals surface area contributed by atoms with Crippen LogP contribution >= 0.6 is 0 Å². The molecule has 0 atom stereocenters. The van der Waals surface area contributed by atoms with Gasteiger partial charge in [0.05, 0.1) is 5.56 Å². The molecule has 0 heterocycles. The summed E-state index contributed by atoms with van der Waals surface area (Å²) in [5.41, 5.74) is -0.473. The number of allylic oxidation sites excluding steroid dienone is 1. The van der Waals surface area contributed by atoms with Gasteiger partial charge >= 0.3 is 0 Å². The lowest BCUT2D eigenvalue weighted by Crippen LogP contribution is -2.11. The van der Waals surface area contributed by atoms with Gasteiger partial charge in [0.15, 0.2) is 17.4 Å². The number of hydrogen-bond acceptors (Lipinski definition) is 2. The van der Waals surface area contributed by atoms with Crippen LogP contribution in [0.1, 0.15) is 10.4 Å². The molecule has 0 unspecified atom stereocenters. The van der Waals surface area contributed by atoms with Crippen molar-refractivity contribution >= 4 is 5.78 Å². The SMILES string of the molecule is CN(C)C/C=C\C(=O)c1cc(F)c(F)cc1F. The molecule has 0 saturated carbocycles. The Labute approximate surface area is 97.3 Å². The van der Waals surface area contributed by atoms with Gasteiger partial charge in [-0.3, -0.25) is 4.79 Å². The minimum absolute atomic E-state index is 0.363. The molecule has 0 spiro atoms. The molecule has 1 aromatic carbocycles. The summed E-state index contributed by atoms with van der Waals surface area (Å²) in [5, 5.41) is 0. The predicted octanol–water partition coefficient (Wildman–Crippen LogP) is 2.40. The average molecular weight is 243 g/mol. The number of nitrogens with zero attached hydrogens (tertiary/aromatic N) is 1. The van der Waals surface area contributed by atoms with E-state index >= 15 is 0 Å². The van der Waals surface area contributed by atoms with Crippen LogP contribution in [0.25, 0.3) is 0 Å². The van der Waals surface area contributed by atoms with E-state index in [1.165, 1.54) is 6.08 Å². The molecule has 5 heteroatoms. The van der Waals surface area contributed by atoms with Crippen molar-refractivity contribution in [1.82, 2.24) is 4.90 Å². The van der Waals surface area contributed by atoms with Crippen molar-refractivity contribution in [3.63, 3.8) is 0 Å². The molecule has 0 amide bonds. The minimum atomic E-state index is -1.31. The van der Waals surface area contributed by atoms with Crippen molar-refractivity contribution in [3.05, 3.63) is 47.3 Å². The van der Waals surface area contributed by atoms with Crippen LogP contribution in [0.3, 0.4) is 0 Å². The summed E-state index contributed by atoms with van der Waals surface area (Å²) in [5.74, 6) is -4.31. The Bertz CT molecular complexity index is 455. The molecule has 0 aliphatic carbocycles. The highest BCUT2D eigenvalue weighted by Crippen LogP contribution is 2.14. The molecule has 1 aromatic rings. The Morgan fingerprint density at radius 1 is 1.18 bits per heavy atom. The molecular weight excluding hydrogens is 231 g/mol. The maximum Gasteiger partial charge on any atom is 0.188 e. The van der Waals surface area contributed by atoms with Gasteiger partial charge in [-0.05, 0) is 26.2 Å². The number of rotatable bonds is 4. The number of ketones is 1. The van der Waals surface area contributed by atoms with Gasteiger partial charge in [0.2, 0.25) is 0 Å². The van der Waals surface area contributed by atoms with Crippen molar-refractivity contribution < 1.29 is 18.0 Å². The zero-order valence-electron chi connectivity index (χ0n) is 9.51. The van der Waals surface area contributed by atoms with E-state index in [0.717, 1.165) is 6.08 Å². The van der Waals surface area contributed by atoms with Gasteiger partial charge in [-0.25, -0.2) is 13.2 Å². The molecule has 92 valence electrons. The number of hydrogen-bond donors (Lipinski definition) is 0. The van der Waals surface area contributed by atoms with Crippen LogP contribution in [-0.4, -0.2) is 31.3 Å². The van der Waals surface area contributed by atoms with Crippen molar-refractivity contribution in [2.24, 2.45) is 0 Å². The van der Waals surface area contributed by atoms with Gasteiger partial charge in [0.25, 0.3) is 0 Å². The molecule has 2 nitrogen and oxygen atoms in total. The molecule has 0 saturated heterocycles. The van der Waals surface area contributed by atoms with Crippen LogP contribution < -0.4 is 0 Å². The molecule has 1 rings (SSSR count). The molecule has 0 aliphatic rings. The topological polar surface area (TPSA) is 20.3 Å². The zero-order chi connectivity index (χ0) is 13.0. The van der Waals surface area contributed by atoms with Gasteiger partial charge in [-0.2, -0.15) is 0 Å². The van der Waals surface area contributed by atoms with E-state index < -0.39 is 28.8 Å². The fourth-order valence-electron chi connectivity index (χ4n) is 1.17. The second kappa shape index (κ2) is 5.63. The van der Waals surface area contributed by atoms with Crippen LogP contribution in [0.15, 0.2) is 24.3 Å². The number of halogens is 3. The summed E-state index contributed by atoms with van der Waals surface area (Å²) in [7, 11) is 3.60. The van der Waals surface area contributed by atoms with Crippen molar-refractivity contribution in [3.8, 4) is 0 Å². The molecule has 17 heavy (non-hydrogen) atoms. The fourth-order valence-corrected chi connectivity index (χ4v) is 1.17. The highest BCUT2D eigenvalue weighted by Gasteiger charge is 2.13. The van der Waals surface area contributed by atoms with Crippen LogP contribution in [0, 0.1) is 17.5 Å². The van der Waals surface area contributed by atoms with Gasteiger partial charge < -0.3 is 4.90 Å². The Morgan fingerprint density at radius 2 is 1.76 bits per heavy atom. The van der Waals surface area contributed by atoms with E-state index in [-0.39, 0.29) is 0 Å². The van der Waals surface area contributed by atoms with E-state index in [9.17, 15) is 18.0 Å². The maximum absolute atomic E-state index is 13.2. The summed E-state index contributed by atoms with van der Waals surface area (Å²) >= 11 is 0. The number of benzene rings is 1. The Kier molecular flexibility index (Phi) is 4.45. The monoisotopic (exact) mass is 243 g/mol. The second-order valence-electron chi connectivity index (χ2n) is 3.78. The van der Waals surface area contributed by atoms with Gasteiger partial charge in [-0.15, -0.1) is 0 Å². The standard InChI is InChI=1S/C12H12F3NO/c1-16(2)5-3-4-12(17)8-6-10(14)11(15)7-9(8)13/h3-4,6-7H,5H2,1-2H3/b4-3-. The summed E-state index contributed by atoms with van der Waals surface area (Å²) in [6, 6.07) is 0.926. The summed E-state index contributed by atoms with van der Waals surface area (Å²) in [6.07, 6.45) is 2.65. The molecule has 0 aromatic heterocycles. The third-order valence-corrected chi connectivity index (χ3v) is 2.02. The van der Waals surface area contributed by atoms with E-state index in [1.807, 2.05) is 0 Å². The first-order chi connectivity index (χ1) is 7.91. The first-order valence-electron chi connectivity index (χ1n) is 4.92. The van der Waals surface area contributed by atoms with Crippen molar-refractivity contribution in [2.45, 2.75) is 0 Å². The molecule has 0 radical (unpaired) electrons. The first kappa shape index (κ1) is 13.4. The number of carbonyl (C=O) groups is 1. The highest BCUT2D eigenvalue weighted by atomic mass is 19.2. The quantitative estimate of drug-likeness (QED) is 0.460. The number of likely N-dealkylation sites (N-methyl/N-ethyl adjacent to an activating group) is 1. The van der Waals surface area contributed by atoms with E-state index in [4.69, 9.17) is 0 Å². The fraction of sp³-hybridized carbons (Fsp3) is 0.250. The van der Waals surface area contributed by atoms with Gasteiger partial charge in [0.1, 0.15) is 5.82 Å². The molecule has 0 N–H and O–H groups in total. The predicted molar refractivity (Wildman–Crippen MR) is 58.3 cm³/mol. The maximum atomic E-state index is 13.2. The molecule has 0 fully saturated rings. The van der Waals surface area contributed by atoms with Gasteiger partial charge in [-0.1, -0.05) is 6.08 Å².